The van der Waals surface area contributed by atoms with Gasteiger partial charge in [-0.2, -0.15) is 0 Å². The molecule has 126 valence electrons. The van der Waals surface area contributed by atoms with Crippen LogP contribution in [0, 0.1) is 5.82 Å². The van der Waals surface area contributed by atoms with Crippen LogP contribution in [0.4, 0.5) is 4.39 Å². The van der Waals surface area contributed by atoms with Gasteiger partial charge in [0.15, 0.2) is 5.78 Å². The van der Waals surface area contributed by atoms with Crippen LogP contribution in [0.5, 0.6) is 0 Å². The largest absolute Gasteiger partial charge is 0.364 e. The zero-order valence-corrected chi connectivity index (χ0v) is 14.1. The third-order valence-electron chi connectivity index (χ3n) is 4.33. The Morgan fingerprint density at radius 3 is 2.67 bits per heavy atom. The Kier molecular flexibility index (Phi) is 5.07. The van der Waals surface area contributed by atoms with Gasteiger partial charge in [-0.25, -0.2) is 4.39 Å². The first kappa shape index (κ1) is 16.8. The number of ketones is 1. The molecule has 0 spiro atoms. The number of hydrogen-bond acceptors (Lipinski definition) is 3. The second-order valence-corrected chi connectivity index (χ2v) is 6.49. The van der Waals surface area contributed by atoms with Gasteiger partial charge in [-0.1, -0.05) is 24.3 Å². The summed E-state index contributed by atoms with van der Waals surface area (Å²) >= 11 is 0. The topological polar surface area (TPSA) is 29.5 Å². The molecule has 1 heterocycles. The van der Waals surface area contributed by atoms with Crippen LogP contribution in [0.25, 0.3) is 0 Å². The summed E-state index contributed by atoms with van der Waals surface area (Å²) in [5, 5.41) is 0. The maximum Gasteiger partial charge on any atom is 0.162 e. The third kappa shape index (κ3) is 3.71. The monoisotopic (exact) mass is 327 g/mol. The maximum absolute atomic E-state index is 13.1. The number of halogens is 1. The Morgan fingerprint density at radius 2 is 1.96 bits per heavy atom. The van der Waals surface area contributed by atoms with Crippen molar-refractivity contribution in [3.8, 4) is 0 Å². The lowest BCUT2D eigenvalue weighted by molar-refractivity contribution is 0.0938. The molecule has 3 rings (SSSR count). The number of ether oxygens (including phenoxy) is 1. The molecule has 0 radical (unpaired) electrons. The zero-order chi connectivity index (χ0) is 17.1. The summed E-state index contributed by atoms with van der Waals surface area (Å²) in [6.07, 6.45) is 1.23. The molecule has 1 atom stereocenters. The van der Waals surface area contributed by atoms with Gasteiger partial charge in [-0.15, -0.1) is 0 Å². The fourth-order valence-electron chi connectivity index (χ4n) is 3.04. The second-order valence-electron chi connectivity index (χ2n) is 6.49. The van der Waals surface area contributed by atoms with Crippen molar-refractivity contribution in [1.82, 2.24) is 4.90 Å². The Hall–Kier alpha value is -2.04. The molecule has 1 aliphatic heterocycles. The van der Waals surface area contributed by atoms with E-state index in [4.69, 9.17) is 4.74 Å². The fourth-order valence-corrected chi connectivity index (χ4v) is 3.04. The smallest absolute Gasteiger partial charge is 0.162 e. The summed E-state index contributed by atoms with van der Waals surface area (Å²) < 4.78 is 18.9. The first-order chi connectivity index (χ1) is 11.5. The van der Waals surface area contributed by atoms with Crippen molar-refractivity contribution in [3.63, 3.8) is 0 Å². The minimum atomic E-state index is -0.254. The molecule has 1 unspecified atom stereocenters. The number of rotatable bonds is 6. The molecule has 4 heteroatoms. The molecular weight excluding hydrogens is 305 g/mol. The van der Waals surface area contributed by atoms with Crippen molar-refractivity contribution in [2.24, 2.45) is 0 Å². The summed E-state index contributed by atoms with van der Waals surface area (Å²) in [7, 11) is 4.01. The SMILES string of the molecule is CN(C)CCCC(=O)c1ccc2c(c1)COC2c1ccc(F)cc1. The normalized spacial score (nSPS) is 16.4. The van der Waals surface area contributed by atoms with E-state index in [-0.39, 0.29) is 17.7 Å². The average molecular weight is 327 g/mol. The van der Waals surface area contributed by atoms with Gasteiger partial charge in [0, 0.05) is 12.0 Å². The number of benzene rings is 2. The number of carbonyl (C=O) groups is 1. The van der Waals surface area contributed by atoms with E-state index in [2.05, 4.69) is 4.90 Å². The van der Waals surface area contributed by atoms with Crippen molar-refractivity contribution in [3.05, 3.63) is 70.5 Å². The van der Waals surface area contributed by atoms with E-state index in [0.717, 1.165) is 35.2 Å². The van der Waals surface area contributed by atoms with Gasteiger partial charge in [0.1, 0.15) is 11.9 Å². The van der Waals surface area contributed by atoms with Crippen LogP contribution in [0.2, 0.25) is 0 Å². The van der Waals surface area contributed by atoms with Gasteiger partial charge in [0.2, 0.25) is 0 Å². The van der Waals surface area contributed by atoms with Gasteiger partial charge in [-0.3, -0.25) is 4.79 Å². The first-order valence-corrected chi connectivity index (χ1v) is 8.22. The maximum atomic E-state index is 13.1. The van der Waals surface area contributed by atoms with E-state index < -0.39 is 0 Å². The van der Waals surface area contributed by atoms with Crippen LogP contribution in [0.15, 0.2) is 42.5 Å². The molecule has 0 amide bonds. The highest BCUT2D eigenvalue weighted by Gasteiger charge is 2.25. The van der Waals surface area contributed by atoms with Crippen LogP contribution in [0.3, 0.4) is 0 Å². The molecule has 0 N–H and O–H groups in total. The highest BCUT2D eigenvalue weighted by molar-refractivity contribution is 5.96. The van der Waals surface area contributed by atoms with E-state index >= 15 is 0 Å². The van der Waals surface area contributed by atoms with Crippen LogP contribution in [0.1, 0.15) is 46.0 Å². The quantitative estimate of drug-likeness (QED) is 0.752. The van der Waals surface area contributed by atoms with Crippen LogP contribution in [-0.4, -0.2) is 31.3 Å². The molecule has 24 heavy (non-hydrogen) atoms. The minimum Gasteiger partial charge on any atom is -0.364 e. The molecular formula is C20H22FNO2. The lowest BCUT2D eigenvalue weighted by Crippen LogP contribution is -2.14. The predicted octanol–water partition coefficient (Wildman–Crippen LogP) is 3.97. The Balaban J connectivity index is 1.73. The van der Waals surface area contributed by atoms with E-state index in [1.807, 2.05) is 32.3 Å². The number of fused-ring (bicyclic) bond motifs is 1. The first-order valence-electron chi connectivity index (χ1n) is 8.22. The predicted molar refractivity (Wildman–Crippen MR) is 91.6 cm³/mol. The van der Waals surface area contributed by atoms with E-state index in [0.29, 0.717) is 13.0 Å². The number of carbonyl (C=O) groups excluding carboxylic acids is 1. The standard InChI is InChI=1S/C20H22FNO2/c1-22(2)11-3-4-19(23)15-7-10-18-16(12-15)13-24-20(18)14-5-8-17(21)9-6-14/h5-10,12,20H,3-4,11,13H2,1-2H3. The molecule has 0 bridgehead atoms. The van der Waals surface area contributed by atoms with Gasteiger partial charge >= 0.3 is 0 Å². The molecule has 2 aromatic rings. The van der Waals surface area contributed by atoms with Gasteiger partial charge in [-0.05, 0) is 62.0 Å². The Labute approximate surface area is 142 Å². The number of hydrogen-bond donors (Lipinski definition) is 0. The molecule has 0 saturated carbocycles. The summed E-state index contributed by atoms with van der Waals surface area (Å²) in [4.78, 5) is 14.4. The summed E-state index contributed by atoms with van der Waals surface area (Å²) in [6.45, 7) is 1.39. The van der Waals surface area contributed by atoms with Crippen LogP contribution in [-0.2, 0) is 11.3 Å². The van der Waals surface area contributed by atoms with Gasteiger partial charge in [0.25, 0.3) is 0 Å². The molecule has 2 aromatic carbocycles. The second kappa shape index (κ2) is 7.24. The van der Waals surface area contributed by atoms with Gasteiger partial charge in [0.05, 0.1) is 6.61 Å². The molecule has 3 nitrogen and oxygen atoms in total. The highest BCUT2D eigenvalue weighted by Crippen LogP contribution is 2.36. The molecule has 0 aromatic heterocycles. The lowest BCUT2D eigenvalue weighted by Gasteiger charge is -2.12. The fraction of sp³-hybridized carbons (Fsp3) is 0.350. The molecule has 0 saturated heterocycles. The zero-order valence-electron chi connectivity index (χ0n) is 14.1. The molecule has 0 aliphatic carbocycles. The van der Waals surface area contributed by atoms with Crippen LogP contribution >= 0.6 is 0 Å². The Bertz CT molecular complexity index is 725. The van der Waals surface area contributed by atoms with Crippen molar-refractivity contribution < 1.29 is 13.9 Å². The highest BCUT2D eigenvalue weighted by atomic mass is 19.1. The number of Topliss-reactive ketones (excluding diaryl/α,β-unsaturated/α-hetero) is 1. The molecule has 0 fully saturated rings. The summed E-state index contributed by atoms with van der Waals surface area (Å²) in [5.41, 5.74) is 3.78. The van der Waals surface area contributed by atoms with Crippen molar-refractivity contribution in [2.45, 2.75) is 25.6 Å². The third-order valence-corrected chi connectivity index (χ3v) is 4.33. The Morgan fingerprint density at radius 1 is 1.21 bits per heavy atom. The van der Waals surface area contributed by atoms with Crippen molar-refractivity contribution >= 4 is 5.78 Å². The summed E-state index contributed by atoms with van der Waals surface area (Å²) in [6, 6.07) is 12.2. The molecule has 1 aliphatic rings. The lowest BCUT2D eigenvalue weighted by atomic mass is 9.96. The van der Waals surface area contributed by atoms with E-state index in [1.165, 1.54) is 12.1 Å². The van der Waals surface area contributed by atoms with Crippen molar-refractivity contribution in [1.29, 1.82) is 0 Å². The van der Waals surface area contributed by atoms with Crippen molar-refractivity contribution in [2.75, 3.05) is 20.6 Å². The average Bonchev–Trinajstić information content (AvgIpc) is 2.98. The van der Waals surface area contributed by atoms with E-state index in [1.54, 1.807) is 12.1 Å². The summed E-state index contributed by atoms with van der Waals surface area (Å²) in [5.74, 6) is -0.0829. The number of nitrogens with zero attached hydrogens (tertiary/aromatic N) is 1. The van der Waals surface area contributed by atoms with E-state index in [9.17, 15) is 9.18 Å². The van der Waals surface area contributed by atoms with Gasteiger partial charge < -0.3 is 9.64 Å². The van der Waals surface area contributed by atoms with Crippen LogP contribution < -0.4 is 0 Å². The minimum absolute atomic E-state index is 0.171.